The molecule has 4 aliphatic rings. The minimum Gasteiger partial charge on any atom is -0.311 e. The van der Waals surface area contributed by atoms with Gasteiger partial charge in [0.25, 0.3) is 0 Å². The average molecular weight is 781 g/mol. The van der Waals surface area contributed by atoms with Crippen molar-refractivity contribution in [2.45, 2.75) is 88.4 Å². The summed E-state index contributed by atoms with van der Waals surface area (Å²) in [6, 6.07) is 66.8. The van der Waals surface area contributed by atoms with Gasteiger partial charge in [0.2, 0.25) is 0 Å². The molecule has 4 aliphatic carbocycles. The second-order valence-corrected chi connectivity index (χ2v) is 18.8. The van der Waals surface area contributed by atoms with Crippen LogP contribution in [0.3, 0.4) is 0 Å². The SMILES string of the molecule is CC1(C)c2ccccc2-c2c(N(c3ccc(C4CCCCC4)cc3)c3ccc(C4(c5ccc(N(c6ccccc6)c6ccccc6)cc5)CC5CCC4C5)cc3)cccc21. The minimum absolute atomic E-state index is 0.00767. The molecule has 2 nitrogen and oxygen atoms in total. The number of nitrogens with zero attached hydrogens (tertiary/aromatic N) is 2. The minimum atomic E-state index is -0.0642. The lowest BCUT2D eigenvalue weighted by atomic mass is 9.64. The molecular formula is C58H56N2. The van der Waals surface area contributed by atoms with Crippen LogP contribution in [-0.4, -0.2) is 0 Å². The first-order valence-electron chi connectivity index (χ1n) is 22.7. The molecule has 0 aromatic heterocycles. The van der Waals surface area contributed by atoms with Crippen molar-refractivity contribution < 1.29 is 0 Å². The fourth-order valence-electron chi connectivity index (χ4n) is 12.3. The van der Waals surface area contributed by atoms with Crippen LogP contribution in [0.1, 0.15) is 105 Å². The van der Waals surface area contributed by atoms with Gasteiger partial charge in [-0.3, -0.25) is 0 Å². The number of hydrogen-bond acceptors (Lipinski definition) is 2. The summed E-state index contributed by atoms with van der Waals surface area (Å²) in [4.78, 5) is 4.93. The Morgan fingerprint density at radius 2 is 0.983 bits per heavy atom. The fraction of sp³-hybridized carbons (Fsp3) is 0.276. The Balaban J connectivity index is 1.00. The third kappa shape index (κ3) is 6.13. The van der Waals surface area contributed by atoms with Crippen LogP contribution in [0.15, 0.2) is 176 Å². The monoisotopic (exact) mass is 780 g/mol. The molecule has 0 spiro atoms. The van der Waals surface area contributed by atoms with Crippen molar-refractivity contribution in [3.05, 3.63) is 204 Å². The quantitative estimate of drug-likeness (QED) is 0.144. The molecule has 298 valence electrons. The van der Waals surface area contributed by atoms with Crippen molar-refractivity contribution in [3.8, 4) is 11.1 Å². The molecule has 3 saturated carbocycles. The van der Waals surface area contributed by atoms with E-state index in [9.17, 15) is 0 Å². The van der Waals surface area contributed by atoms with Crippen LogP contribution in [0.4, 0.5) is 34.1 Å². The highest BCUT2D eigenvalue weighted by Crippen LogP contribution is 2.61. The maximum absolute atomic E-state index is 2.55. The standard InChI is InChI=1S/C58H56N2/c1-57(2)53-22-13-12-21-52(53)56-54(57)23-14-24-55(56)60(50-33-26-43(27-34-50)42-15-6-3-7-16-42)51-37-31-45(32-38-51)58(40-41-25-28-46(58)39-41)44-29-35-49(36-30-44)59(47-17-8-4-9-18-47)48-19-10-5-11-20-48/h4-5,8-14,17-24,26-27,29-38,41-42,46H,3,6-7,15-16,25,28,39-40H2,1-2H3. The zero-order valence-corrected chi connectivity index (χ0v) is 35.2. The summed E-state index contributed by atoms with van der Waals surface area (Å²) >= 11 is 0. The van der Waals surface area contributed by atoms with Gasteiger partial charge in [-0.2, -0.15) is 0 Å². The maximum atomic E-state index is 2.55. The molecule has 2 heteroatoms. The Morgan fingerprint density at radius 3 is 1.57 bits per heavy atom. The van der Waals surface area contributed by atoms with Crippen LogP contribution in [0.2, 0.25) is 0 Å². The van der Waals surface area contributed by atoms with Crippen LogP contribution in [0.25, 0.3) is 11.1 Å². The van der Waals surface area contributed by atoms with Gasteiger partial charge in [-0.25, -0.2) is 0 Å². The van der Waals surface area contributed by atoms with Gasteiger partial charge in [-0.15, -0.1) is 0 Å². The summed E-state index contributed by atoms with van der Waals surface area (Å²) in [5, 5.41) is 0. The van der Waals surface area contributed by atoms with E-state index >= 15 is 0 Å². The Kier molecular flexibility index (Phi) is 9.29. The Hall–Kier alpha value is -5.86. The number of benzene rings is 7. The van der Waals surface area contributed by atoms with E-state index in [2.05, 4.69) is 200 Å². The molecule has 0 radical (unpaired) electrons. The van der Waals surface area contributed by atoms with Gasteiger partial charge in [-0.1, -0.05) is 149 Å². The smallest absolute Gasteiger partial charge is 0.0543 e. The molecule has 3 fully saturated rings. The molecule has 11 rings (SSSR count). The van der Waals surface area contributed by atoms with Gasteiger partial charge in [0.05, 0.1) is 5.69 Å². The van der Waals surface area contributed by atoms with E-state index in [1.165, 1.54) is 131 Å². The van der Waals surface area contributed by atoms with E-state index < -0.39 is 0 Å². The van der Waals surface area contributed by atoms with Gasteiger partial charge in [0.15, 0.2) is 0 Å². The van der Waals surface area contributed by atoms with Crippen molar-refractivity contribution >= 4 is 34.1 Å². The fourth-order valence-corrected chi connectivity index (χ4v) is 12.3. The molecule has 0 saturated heterocycles. The summed E-state index contributed by atoms with van der Waals surface area (Å²) in [5.41, 5.74) is 17.1. The predicted octanol–water partition coefficient (Wildman–Crippen LogP) is 16.1. The van der Waals surface area contributed by atoms with Crippen LogP contribution in [0.5, 0.6) is 0 Å². The van der Waals surface area contributed by atoms with Crippen LogP contribution >= 0.6 is 0 Å². The summed E-state index contributed by atoms with van der Waals surface area (Å²) in [7, 11) is 0. The lowest BCUT2D eigenvalue weighted by Gasteiger charge is -2.40. The molecular weight excluding hydrogens is 725 g/mol. The second-order valence-electron chi connectivity index (χ2n) is 18.8. The van der Waals surface area contributed by atoms with Crippen LogP contribution < -0.4 is 9.80 Å². The Bertz CT molecular complexity index is 2560. The van der Waals surface area contributed by atoms with Crippen molar-refractivity contribution in [2.75, 3.05) is 9.80 Å². The van der Waals surface area contributed by atoms with Crippen molar-refractivity contribution in [2.24, 2.45) is 11.8 Å². The molecule has 60 heavy (non-hydrogen) atoms. The molecule has 3 atom stereocenters. The molecule has 7 aromatic rings. The molecule has 2 bridgehead atoms. The molecule has 3 unspecified atom stereocenters. The van der Waals surface area contributed by atoms with E-state index in [1.807, 2.05) is 0 Å². The maximum Gasteiger partial charge on any atom is 0.0543 e. The van der Waals surface area contributed by atoms with Gasteiger partial charge in [0.1, 0.15) is 0 Å². The first kappa shape index (κ1) is 37.2. The third-order valence-electron chi connectivity index (χ3n) is 15.2. The van der Waals surface area contributed by atoms with E-state index in [0.717, 1.165) is 5.92 Å². The normalized spacial score (nSPS) is 21.4. The lowest BCUT2D eigenvalue weighted by molar-refractivity contribution is 0.320. The molecule has 0 amide bonds. The van der Waals surface area contributed by atoms with E-state index in [1.54, 1.807) is 0 Å². The number of para-hydroxylation sites is 2. The van der Waals surface area contributed by atoms with Gasteiger partial charge in [0, 0.05) is 44.8 Å². The second kappa shape index (κ2) is 15.0. The van der Waals surface area contributed by atoms with E-state index in [0.29, 0.717) is 11.8 Å². The first-order chi connectivity index (χ1) is 29.5. The third-order valence-corrected chi connectivity index (χ3v) is 15.2. The largest absolute Gasteiger partial charge is 0.311 e. The van der Waals surface area contributed by atoms with Crippen molar-refractivity contribution in [1.29, 1.82) is 0 Å². The summed E-state index contributed by atoms with van der Waals surface area (Å²) in [6.07, 6.45) is 11.9. The lowest BCUT2D eigenvalue weighted by Crippen LogP contribution is -2.34. The highest BCUT2D eigenvalue weighted by molar-refractivity contribution is 5.95. The van der Waals surface area contributed by atoms with Gasteiger partial charge < -0.3 is 9.80 Å². The topological polar surface area (TPSA) is 6.48 Å². The first-order valence-corrected chi connectivity index (χ1v) is 22.7. The summed E-state index contributed by atoms with van der Waals surface area (Å²) in [5.74, 6) is 2.12. The summed E-state index contributed by atoms with van der Waals surface area (Å²) in [6.45, 7) is 4.78. The van der Waals surface area contributed by atoms with Crippen molar-refractivity contribution in [3.63, 3.8) is 0 Å². The zero-order chi connectivity index (χ0) is 40.3. The Labute approximate surface area is 357 Å². The number of hydrogen-bond donors (Lipinski definition) is 0. The number of anilines is 6. The predicted molar refractivity (Wildman–Crippen MR) is 252 cm³/mol. The highest BCUT2D eigenvalue weighted by Gasteiger charge is 2.52. The van der Waals surface area contributed by atoms with Crippen LogP contribution in [-0.2, 0) is 10.8 Å². The Morgan fingerprint density at radius 1 is 0.450 bits per heavy atom. The summed E-state index contributed by atoms with van der Waals surface area (Å²) < 4.78 is 0. The molecule has 0 aliphatic heterocycles. The van der Waals surface area contributed by atoms with Gasteiger partial charge >= 0.3 is 0 Å². The van der Waals surface area contributed by atoms with Crippen molar-refractivity contribution in [1.82, 2.24) is 0 Å². The van der Waals surface area contributed by atoms with Crippen LogP contribution in [0, 0.1) is 11.8 Å². The number of fused-ring (bicyclic) bond motifs is 5. The highest BCUT2D eigenvalue weighted by atomic mass is 15.1. The van der Waals surface area contributed by atoms with E-state index in [-0.39, 0.29) is 10.8 Å². The van der Waals surface area contributed by atoms with Gasteiger partial charge in [-0.05, 0) is 150 Å². The molecule has 0 heterocycles. The molecule has 0 N–H and O–H groups in total. The zero-order valence-electron chi connectivity index (χ0n) is 35.2. The number of rotatable bonds is 9. The van der Waals surface area contributed by atoms with E-state index in [4.69, 9.17) is 0 Å². The average Bonchev–Trinajstić information content (AvgIpc) is 4.00. The molecule has 7 aromatic carbocycles.